The number of hydrogen-bond acceptors (Lipinski definition) is 4. The van der Waals surface area contributed by atoms with E-state index in [0.717, 1.165) is 35.2 Å². The molecule has 0 saturated carbocycles. The molecule has 0 amide bonds. The van der Waals surface area contributed by atoms with Crippen molar-refractivity contribution in [3.05, 3.63) is 63.1 Å². The van der Waals surface area contributed by atoms with E-state index in [1.54, 1.807) is 0 Å². The molecule has 0 aliphatic heterocycles. The van der Waals surface area contributed by atoms with Gasteiger partial charge in [0.25, 0.3) is 0 Å². The molecule has 0 aliphatic rings. The van der Waals surface area contributed by atoms with E-state index in [1.807, 2.05) is 42.5 Å². The zero-order chi connectivity index (χ0) is 19.8. The molecule has 0 spiro atoms. The quantitative estimate of drug-likeness (QED) is 0.568. The number of halogens is 2. The summed E-state index contributed by atoms with van der Waals surface area (Å²) in [6.07, 6.45) is -0.621. The summed E-state index contributed by atoms with van der Waals surface area (Å²) < 4.78 is 6.92. The van der Waals surface area contributed by atoms with E-state index in [4.69, 9.17) is 16.3 Å². The lowest BCUT2D eigenvalue weighted by atomic mass is 10.1. The molecule has 1 atom stereocenters. The van der Waals surface area contributed by atoms with Gasteiger partial charge in [-0.2, -0.15) is 0 Å². The maximum Gasteiger partial charge on any atom is 0.125 e. The van der Waals surface area contributed by atoms with E-state index < -0.39 is 6.10 Å². The van der Waals surface area contributed by atoms with Crippen LogP contribution in [0.5, 0.6) is 5.75 Å². The second-order valence-electron chi connectivity index (χ2n) is 6.81. The normalized spacial score (nSPS) is 12.6. The molecule has 0 aliphatic carbocycles. The average Bonchev–Trinajstić information content (AvgIpc) is 2.65. The average molecular weight is 456 g/mol. The van der Waals surface area contributed by atoms with Gasteiger partial charge in [-0.05, 0) is 56.5 Å². The Hall–Kier alpha value is -1.11. The van der Waals surface area contributed by atoms with E-state index in [1.165, 1.54) is 0 Å². The van der Waals surface area contributed by atoms with Crippen LogP contribution in [-0.4, -0.2) is 55.2 Å². The Morgan fingerprint density at radius 1 is 1.11 bits per heavy atom. The molecule has 0 radical (unpaired) electrons. The Morgan fingerprint density at radius 2 is 1.81 bits per heavy atom. The molecule has 27 heavy (non-hydrogen) atoms. The standard InChI is InChI=1S/C21H28BrClN2O2/c1-4-25(12-11-24(2)3)14-20(26)19-13-17(22)7-10-21(19)27-15-16-5-8-18(23)9-6-16/h5-10,13,20,26H,4,11-12,14-15H2,1-3H3. The van der Waals surface area contributed by atoms with Crippen molar-refractivity contribution in [3.8, 4) is 5.75 Å². The van der Waals surface area contributed by atoms with Crippen LogP contribution in [0.3, 0.4) is 0 Å². The fourth-order valence-corrected chi connectivity index (χ4v) is 3.22. The number of aliphatic hydroxyl groups excluding tert-OH is 1. The van der Waals surface area contributed by atoms with Gasteiger partial charge in [0.05, 0.1) is 6.10 Å². The molecule has 148 valence electrons. The summed E-state index contributed by atoms with van der Waals surface area (Å²) in [5.41, 5.74) is 1.82. The minimum absolute atomic E-state index is 0.427. The predicted octanol–water partition coefficient (Wildman–Crippen LogP) is 4.60. The third kappa shape index (κ3) is 7.43. The molecule has 1 N–H and O–H groups in total. The van der Waals surface area contributed by atoms with Crippen molar-refractivity contribution in [3.63, 3.8) is 0 Å². The highest BCUT2D eigenvalue weighted by Crippen LogP contribution is 2.30. The van der Waals surface area contributed by atoms with Gasteiger partial charge in [0.15, 0.2) is 0 Å². The first-order valence-corrected chi connectivity index (χ1v) is 10.3. The van der Waals surface area contributed by atoms with Crippen LogP contribution in [0.4, 0.5) is 0 Å². The topological polar surface area (TPSA) is 35.9 Å². The van der Waals surface area contributed by atoms with Gasteiger partial charge >= 0.3 is 0 Å². The van der Waals surface area contributed by atoms with E-state index in [9.17, 15) is 5.11 Å². The Bertz CT molecular complexity index is 710. The van der Waals surface area contributed by atoms with Crippen LogP contribution in [0.25, 0.3) is 0 Å². The number of nitrogens with zero attached hydrogens (tertiary/aromatic N) is 2. The van der Waals surface area contributed by atoms with E-state index in [-0.39, 0.29) is 0 Å². The number of benzene rings is 2. The SMILES string of the molecule is CCN(CCN(C)C)CC(O)c1cc(Br)ccc1OCc1ccc(Cl)cc1. The Kier molecular flexibility index (Phi) is 9.06. The fourth-order valence-electron chi connectivity index (χ4n) is 2.72. The highest BCUT2D eigenvalue weighted by Gasteiger charge is 2.17. The minimum Gasteiger partial charge on any atom is -0.489 e. The second kappa shape index (κ2) is 11.0. The van der Waals surface area contributed by atoms with Crippen LogP contribution in [0.1, 0.15) is 24.2 Å². The number of ether oxygens (including phenoxy) is 1. The summed E-state index contributed by atoms with van der Waals surface area (Å²) >= 11 is 9.43. The molecular formula is C21H28BrClN2O2. The van der Waals surface area contributed by atoms with Gasteiger partial charge in [0.2, 0.25) is 0 Å². The van der Waals surface area contributed by atoms with Gasteiger partial charge < -0.3 is 14.7 Å². The van der Waals surface area contributed by atoms with Crippen LogP contribution in [-0.2, 0) is 6.61 Å². The maximum absolute atomic E-state index is 10.9. The van der Waals surface area contributed by atoms with Crippen LogP contribution in [0, 0.1) is 0 Å². The molecule has 0 fully saturated rings. The van der Waals surface area contributed by atoms with Gasteiger partial charge in [0.1, 0.15) is 12.4 Å². The zero-order valence-corrected chi connectivity index (χ0v) is 18.5. The molecule has 4 nitrogen and oxygen atoms in total. The zero-order valence-electron chi connectivity index (χ0n) is 16.2. The molecule has 0 heterocycles. The summed E-state index contributed by atoms with van der Waals surface area (Å²) in [5.74, 6) is 0.698. The van der Waals surface area contributed by atoms with Crippen molar-refractivity contribution < 1.29 is 9.84 Å². The Labute approximate surface area is 175 Å². The van der Waals surface area contributed by atoms with E-state index >= 15 is 0 Å². The lowest BCUT2D eigenvalue weighted by molar-refractivity contribution is 0.108. The van der Waals surface area contributed by atoms with Crippen molar-refractivity contribution in [2.24, 2.45) is 0 Å². The van der Waals surface area contributed by atoms with Crippen molar-refractivity contribution in [2.75, 3.05) is 40.3 Å². The summed E-state index contributed by atoms with van der Waals surface area (Å²) in [6, 6.07) is 13.3. The Morgan fingerprint density at radius 3 is 2.44 bits per heavy atom. The van der Waals surface area contributed by atoms with Crippen LogP contribution in [0.15, 0.2) is 46.9 Å². The first-order valence-electron chi connectivity index (χ1n) is 9.11. The van der Waals surface area contributed by atoms with Gasteiger partial charge in [-0.25, -0.2) is 0 Å². The molecule has 2 aromatic carbocycles. The predicted molar refractivity (Wildman–Crippen MR) is 116 cm³/mol. The molecule has 0 bridgehead atoms. The first-order chi connectivity index (χ1) is 12.9. The molecule has 0 saturated heterocycles. The van der Waals surface area contributed by atoms with Gasteiger partial charge in [-0.15, -0.1) is 0 Å². The summed E-state index contributed by atoms with van der Waals surface area (Å²) in [6.45, 7) is 5.87. The van der Waals surface area contributed by atoms with Crippen LogP contribution >= 0.6 is 27.5 Å². The highest BCUT2D eigenvalue weighted by atomic mass is 79.9. The van der Waals surface area contributed by atoms with Crippen molar-refractivity contribution in [1.29, 1.82) is 0 Å². The maximum atomic E-state index is 10.9. The largest absolute Gasteiger partial charge is 0.489 e. The molecule has 6 heteroatoms. The third-order valence-electron chi connectivity index (χ3n) is 4.38. The smallest absolute Gasteiger partial charge is 0.125 e. The van der Waals surface area contributed by atoms with Crippen molar-refractivity contribution in [1.82, 2.24) is 9.80 Å². The lowest BCUT2D eigenvalue weighted by Gasteiger charge is -2.26. The summed E-state index contributed by atoms with van der Waals surface area (Å²) in [5, 5.41) is 11.6. The fraction of sp³-hybridized carbons (Fsp3) is 0.429. The molecule has 1 unspecified atom stereocenters. The van der Waals surface area contributed by atoms with Crippen LogP contribution < -0.4 is 4.74 Å². The van der Waals surface area contributed by atoms with E-state index in [0.29, 0.717) is 23.9 Å². The van der Waals surface area contributed by atoms with Crippen LogP contribution in [0.2, 0.25) is 5.02 Å². The molecule has 0 aromatic heterocycles. The number of likely N-dealkylation sites (N-methyl/N-ethyl adjacent to an activating group) is 2. The number of hydrogen-bond donors (Lipinski definition) is 1. The van der Waals surface area contributed by atoms with Gasteiger partial charge in [0, 0.05) is 34.7 Å². The monoisotopic (exact) mass is 454 g/mol. The summed E-state index contributed by atoms with van der Waals surface area (Å²) in [4.78, 5) is 4.39. The van der Waals surface area contributed by atoms with Gasteiger partial charge in [-0.3, -0.25) is 4.90 Å². The number of aliphatic hydroxyl groups is 1. The van der Waals surface area contributed by atoms with E-state index in [2.05, 4.69) is 46.7 Å². The van der Waals surface area contributed by atoms with Crippen molar-refractivity contribution in [2.45, 2.75) is 19.6 Å². The minimum atomic E-state index is -0.621. The molecular weight excluding hydrogens is 428 g/mol. The highest BCUT2D eigenvalue weighted by molar-refractivity contribution is 9.10. The third-order valence-corrected chi connectivity index (χ3v) is 5.13. The summed E-state index contributed by atoms with van der Waals surface area (Å²) in [7, 11) is 4.11. The first kappa shape index (κ1) is 22.2. The Balaban J connectivity index is 2.07. The van der Waals surface area contributed by atoms with Crippen molar-refractivity contribution >= 4 is 27.5 Å². The van der Waals surface area contributed by atoms with Gasteiger partial charge in [-0.1, -0.05) is 46.6 Å². The molecule has 2 aromatic rings. The lowest BCUT2D eigenvalue weighted by Crippen LogP contribution is -2.34. The second-order valence-corrected chi connectivity index (χ2v) is 8.16. The molecule has 2 rings (SSSR count). The number of rotatable bonds is 10.